The molecule has 0 saturated heterocycles. The third-order valence-electron chi connectivity index (χ3n) is 12.0. The standard InChI is InChI=1S/C56H34Se/c1-2-18-36(19-3-1)51-39-22-6-8-24-41(39)54(42-25-9-7-23-40(42)51)48-32-15-33-49-55-47(31-16-34-50(55)57-56(48)49)53-45-28-12-10-26-43(45)52(44-27-11-13-29-46(44)53)38-30-14-20-35-17-4-5-21-37(35)38/h1-34H. The van der Waals surface area contributed by atoms with E-state index in [-0.39, 0.29) is 14.5 Å². The Morgan fingerprint density at radius 2 is 0.632 bits per heavy atom. The molecular formula is C56H34Se. The van der Waals surface area contributed by atoms with E-state index >= 15 is 0 Å². The summed E-state index contributed by atoms with van der Waals surface area (Å²) in [5.41, 5.74) is 10.5. The van der Waals surface area contributed by atoms with E-state index in [1.807, 2.05) is 0 Å². The van der Waals surface area contributed by atoms with Crippen molar-refractivity contribution in [3.8, 4) is 44.5 Å². The topological polar surface area (TPSA) is 0 Å². The summed E-state index contributed by atoms with van der Waals surface area (Å²) in [5, 5.41) is 15.6. The van der Waals surface area contributed by atoms with Crippen molar-refractivity contribution < 1.29 is 0 Å². The zero-order chi connectivity index (χ0) is 37.5. The van der Waals surface area contributed by atoms with Crippen LogP contribution in [0, 0.1) is 0 Å². The minimum absolute atomic E-state index is 0.117. The van der Waals surface area contributed by atoms with Crippen LogP contribution in [0.25, 0.3) is 118 Å². The fourth-order valence-corrected chi connectivity index (χ4v) is 12.4. The van der Waals surface area contributed by atoms with Crippen molar-refractivity contribution in [3.05, 3.63) is 206 Å². The Labute approximate surface area is 336 Å². The van der Waals surface area contributed by atoms with Crippen molar-refractivity contribution in [1.82, 2.24) is 0 Å². The molecule has 0 bridgehead atoms. The summed E-state index contributed by atoms with van der Waals surface area (Å²) in [5.74, 6) is 0. The summed E-state index contributed by atoms with van der Waals surface area (Å²) >= 11 is 0.117. The molecule has 0 nitrogen and oxygen atoms in total. The molecule has 12 rings (SSSR count). The monoisotopic (exact) mass is 786 g/mol. The van der Waals surface area contributed by atoms with Crippen LogP contribution in [0.4, 0.5) is 0 Å². The van der Waals surface area contributed by atoms with Crippen molar-refractivity contribution in [3.63, 3.8) is 0 Å². The molecule has 0 N–H and O–H groups in total. The van der Waals surface area contributed by atoms with Crippen LogP contribution in [0.15, 0.2) is 206 Å². The van der Waals surface area contributed by atoms with Gasteiger partial charge in [0.1, 0.15) is 0 Å². The molecule has 0 atom stereocenters. The SMILES string of the molecule is c1ccc(-c2c3ccccc3c(-c3cccc4c3[se]c3cccc(-c5c6ccccc6c(-c6cccc7ccccc67)c6ccccc56)c34)c3ccccc23)cc1. The third kappa shape index (κ3) is 4.87. The average molecular weight is 786 g/mol. The Morgan fingerprint density at radius 3 is 1.23 bits per heavy atom. The quantitative estimate of drug-likeness (QED) is 0.123. The molecule has 264 valence electrons. The van der Waals surface area contributed by atoms with E-state index in [9.17, 15) is 0 Å². The van der Waals surface area contributed by atoms with Gasteiger partial charge in [-0.3, -0.25) is 0 Å². The van der Waals surface area contributed by atoms with Crippen LogP contribution in [0.2, 0.25) is 0 Å². The molecule has 0 unspecified atom stereocenters. The number of rotatable bonds is 4. The Balaban J connectivity index is 1.17. The summed E-state index contributed by atoms with van der Waals surface area (Å²) < 4.78 is 2.92. The van der Waals surface area contributed by atoms with E-state index in [1.54, 1.807) is 0 Å². The molecule has 11 aromatic carbocycles. The summed E-state index contributed by atoms with van der Waals surface area (Å²) in [6, 6.07) is 76.8. The molecular weight excluding hydrogens is 752 g/mol. The summed E-state index contributed by atoms with van der Waals surface area (Å²) in [6.07, 6.45) is 0. The second-order valence-electron chi connectivity index (χ2n) is 15.0. The van der Waals surface area contributed by atoms with E-state index in [2.05, 4.69) is 206 Å². The first-order valence-electron chi connectivity index (χ1n) is 19.7. The molecule has 0 aliphatic carbocycles. The van der Waals surface area contributed by atoms with Gasteiger partial charge >= 0.3 is 338 Å². The van der Waals surface area contributed by atoms with Crippen molar-refractivity contribution >= 4 is 87.7 Å². The van der Waals surface area contributed by atoms with Crippen molar-refractivity contribution in [2.24, 2.45) is 0 Å². The zero-order valence-corrected chi connectivity index (χ0v) is 32.8. The summed E-state index contributed by atoms with van der Waals surface area (Å²) in [7, 11) is 0. The van der Waals surface area contributed by atoms with Crippen LogP contribution in [-0.2, 0) is 0 Å². The Kier molecular flexibility index (Phi) is 7.35. The molecule has 0 amide bonds. The van der Waals surface area contributed by atoms with Crippen LogP contribution < -0.4 is 0 Å². The predicted molar refractivity (Wildman–Crippen MR) is 248 cm³/mol. The molecule has 0 spiro atoms. The van der Waals surface area contributed by atoms with Gasteiger partial charge < -0.3 is 0 Å². The van der Waals surface area contributed by atoms with Gasteiger partial charge in [-0.05, 0) is 0 Å². The molecule has 57 heavy (non-hydrogen) atoms. The maximum absolute atomic E-state index is 2.38. The van der Waals surface area contributed by atoms with Crippen molar-refractivity contribution in [2.75, 3.05) is 0 Å². The minimum atomic E-state index is 0.117. The molecule has 0 aliphatic rings. The molecule has 0 fully saturated rings. The van der Waals surface area contributed by atoms with Crippen LogP contribution in [0.5, 0.6) is 0 Å². The molecule has 0 saturated carbocycles. The summed E-state index contributed by atoms with van der Waals surface area (Å²) in [6.45, 7) is 0. The van der Waals surface area contributed by atoms with Gasteiger partial charge in [0.25, 0.3) is 0 Å². The van der Waals surface area contributed by atoms with Gasteiger partial charge in [-0.1, -0.05) is 0 Å². The van der Waals surface area contributed by atoms with Gasteiger partial charge in [0, 0.05) is 0 Å². The number of hydrogen-bond donors (Lipinski definition) is 0. The normalized spacial score (nSPS) is 11.9. The fourth-order valence-electron chi connectivity index (χ4n) is 9.74. The third-order valence-corrected chi connectivity index (χ3v) is 14.6. The molecule has 0 aliphatic heterocycles. The van der Waals surface area contributed by atoms with Gasteiger partial charge in [-0.25, -0.2) is 0 Å². The Bertz CT molecular complexity index is 3450. The average Bonchev–Trinajstić information content (AvgIpc) is 3.67. The van der Waals surface area contributed by atoms with E-state index in [0.29, 0.717) is 0 Å². The van der Waals surface area contributed by atoms with Gasteiger partial charge in [0.05, 0.1) is 0 Å². The van der Waals surface area contributed by atoms with Crippen LogP contribution in [-0.4, -0.2) is 14.5 Å². The zero-order valence-electron chi connectivity index (χ0n) is 31.0. The molecule has 0 radical (unpaired) electrons. The Hall–Kier alpha value is -6.76. The maximum atomic E-state index is 2.38. The number of benzene rings is 11. The van der Waals surface area contributed by atoms with Gasteiger partial charge in [0.15, 0.2) is 0 Å². The second-order valence-corrected chi connectivity index (χ2v) is 17.2. The summed E-state index contributed by atoms with van der Waals surface area (Å²) in [4.78, 5) is 0. The van der Waals surface area contributed by atoms with E-state index in [4.69, 9.17) is 0 Å². The van der Waals surface area contributed by atoms with Crippen LogP contribution in [0.3, 0.4) is 0 Å². The second kappa shape index (κ2) is 12.9. The first kappa shape index (κ1) is 32.5. The van der Waals surface area contributed by atoms with E-state index < -0.39 is 0 Å². The molecule has 1 aromatic heterocycles. The van der Waals surface area contributed by atoms with Crippen molar-refractivity contribution in [2.45, 2.75) is 0 Å². The molecule has 1 heteroatoms. The molecule has 12 aromatic rings. The van der Waals surface area contributed by atoms with Gasteiger partial charge in [0.2, 0.25) is 0 Å². The predicted octanol–water partition coefficient (Wildman–Crippen LogP) is 15.5. The number of hydrogen-bond acceptors (Lipinski definition) is 0. The Morgan fingerprint density at radius 1 is 0.246 bits per heavy atom. The first-order chi connectivity index (χ1) is 28.3. The molecule has 1 heterocycles. The van der Waals surface area contributed by atoms with E-state index in [0.717, 1.165) is 0 Å². The van der Waals surface area contributed by atoms with Crippen LogP contribution >= 0.6 is 0 Å². The van der Waals surface area contributed by atoms with Crippen LogP contribution in [0.1, 0.15) is 0 Å². The number of fused-ring (bicyclic) bond motifs is 8. The van der Waals surface area contributed by atoms with E-state index in [1.165, 1.54) is 118 Å². The van der Waals surface area contributed by atoms with Gasteiger partial charge in [-0.15, -0.1) is 0 Å². The fraction of sp³-hybridized carbons (Fsp3) is 0. The first-order valence-corrected chi connectivity index (χ1v) is 21.4. The van der Waals surface area contributed by atoms with Gasteiger partial charge in [-0.2, -0.15) is 0 Å². The van der Waals surface area contributed by atoms with Crippen molar-refractivity contribution in [1.29, 1.82) is 0 Å².